The van der Waals surface area contributed by atoms with E-state index < -0.39 is 9.04 Å². The maximum absolute atomic E-state index is 10.8. The highest BCUT2D eigenvalue weighted by Gasteiger charge is 2.23. The summed E-state index contributed by atoms with van der Waals surface area (Å²) >= 11 is 0. The predicted octanol–water partition coefficient (Wildman–Crippen LogP) is 6.14. The van der Waals surface area contributed by atoms with E-state index in [9.17, 15) is 4.79 Å². The van der Waals surface area contributed by atoms with Crippen molar-refractivity contribution < 1.29 is 9.22 Å². The lowest BCUT2D eigenvalue weighted by Gasteiger charge is -2.29. The summed E-state index contributed by atoms with van der Waals surface area (Å²) in [6, 6.07) is 0. The summed E-state index contributed by atoms with van der Waals surface area (Å²) in [7, 11) is -0.794. The van der Waals surface area contributed by atoms with Gasteiger partial charge in [-0.05, 0) is 37.3 Å². The molecule has 0 N–H and O–H groups in total. The van der Waals surface area contributed by atoms with Gasteiger partial charge in [0.05, 0.1) is 0 Å². The number of hydrogen-bond donors (Lipinski definition) is 0. The van der Waals surface area contributed by atoms with Crippen molar-refractivity contribution in [2.24, 2.45) is 11.3 Å². The molecule has 0 rings (SSSR count). The average Bonchev–Trinajstić information content (AvgIpc) is 2.45. The van der Waals surface area contributed by atoms with Gasteiger partial charge in [-0.2, -0.15) is 0 Å². The second-order valence-corrected chi connectivity index (χ2v) is 10.8. The normalized spacial score (nSPS) is 13.5. The van der Waals surface area contributed by atoms with Gasteiger partial charge in [-0.15, -0.1) is 0 Å². The molecule has 23 heavy (non-hydrogen) atoms. The fourth-order valence-electron chi connectivity index (χ4n) is 3.07. The van der Waals surface area contributed by atoms with Crippen molar-refractivity contribution >= 4 is 15.3 Å². The highest BCUT2D eigenvalue weighted by atomic mass is 28.3. The van der Waals surface area contributed by atoms with Crippen LogP contribution >= 0.6 is 0 Å². The molecule has 2 nitrogen and oxygen atoms in total. The molecule has 138 valence electrons. The van der Waals surface area contributed by atoms with Crippen molar-refractivity contribution in [3.63, 3.8) is 0 Å². The van der Waals surface area contributed by atoms with E-state index in [1.165, 1.54) is 64.2 Å². The Morgan fingerprint density at radius 1 is 0.870 bits per heavy atom. The van der Waals surface area contributed by atoms with E-state index in [1.807, 2.05) is 0 Å². The molecule has 0 unspecified atom stereocenters. The molecule has 0 saturated carbocycles. The molecule has 0 amide bonds. The molecular weight excluding hydrogens is 300 g/mol. The molecule has 0 aliphatic carbocycles. The third kappa shape index (κ3) is 15.1. The molecule has 0 aliphatic heterocycles. The van der Waals surface area contributed by atoms with Gasteiger partial charge in [0.1, 0.15) is 6.29 Å². The highest BCUT2D eigenvalue weighted by Crippen LogP contribution is 2.32. The Bertz CT molecular complexity index is 271. The molecule has 0 aliphatic rings. The van der Waals surface area contributed by atoms with Gasteiger partial charge in [0.25, 0.3) is 0 Å². The molecule has 3 heteroatoms. The zero-order valence-corrected chi connectivity index (χ0v) is 17.7. The number of hydrogen-bond acceptors (Lipinski definition) is 2. The third-order valence-electron chi connectivity index (χ3n) is 4.75. The first kappa shape index (κ1) is 22.8. The average molecular weight is 343 g/mol. The van der Waals surface area contributed by atoms with E-state index in [2.05, 4.69) is 33.9 Å². The van der Waals surface area contributed by atoms with Gasteiger partial charge in [-0.1, -0.05) is 72.1 Å². The van der Waals surface area contributed by atoms with E-state index in [-0.39, 0.29) is 5.41 Å². The Morgan fingerprint density at radius 2 is 1.35 bits per heavy atom. The molecule has 0 radical (unpaired) electrons. The minimum absolute atomic E-state index is 0.267. The van der Waals surface area contributed by atoms with Crippen molar-refractivity contribution in [2.75, 3.05) is 6.61 Å². The van der Waals surface area contributed by atoms with Crippen LogP contribution in [0.3, 0.4) is 0 Å². The van der Waals surface area contributed by atoms with Crippen molar-refractivity contribution in [1.29, 1.82) is 0 Å². The predicted molar refractivity (Wildman–Crippen MR) is 105 cm³/mol. The Morgan fingerprint density at radius 3 is 1.78 bits per heavy atom. The monoisotopic (exact) mass is 342 g/mol. The summed E-state index contributed by atoms with van der Waals surface area (Å²) in [4.78, 5) is 10.8. The van der Waals surface area contributed by atoms with Crippen LogP contribution in [-0.2, 0) is 9.22 Å². The van der Waals surface area contributed by atoms with Gasteiger partial charge < -0.3 is 9.22 Å². The lowest BCUT2D eigenvalue weighted by atomic mass is 9.76. The summed E-state index contributed by atoms with van der Waals surface area (Å²) in [5.41, 5.74) is 0.267. The van der Waals surface area contributed by atoms with Crippen LogP contribution in [0.5, 0.6) is 0 Å². The molecule has 0 saturated heterocycles. The summed E-state index contributed by atoms with van der Waals surface area (Å²) in [6.07, 6.45) is 15.1. The molecule has 0 bridgehead atoms. The first-order valence-corrected chi connectivity index (χ1v) is 12.7. The molecule has 0 spiro atoms. The number of carbonyl (C=O) groups excluding carboxylic acids is 1. The van der Waals surface area contributed by atoms with Crippen LogP contribution in [-0.4, -0.2) is 21.9 Å². The lowest BCUT2D eigenvalue weighted by Crippen LogP contribution is -2.20. The fourth-order valence-corrected chi connectivity index (χ4v) is 3.71. The van der Waals surface area contributed by atoms with E-state index in [0.717, 1.165) is 19.3 Å². The maximum atomic E-state index is 10.8. The quantitative estimate of drug-likeness (QED) is 0.203. The van der Waals surface area contributed by atoms with E-state index in [4.69, 9.17) is 4.43 Å². The van der Waals surface area contributed by atoms with Crippen LogP contribution in [0.4, 0.5) is 0 Å². The number of aldehydes is 1. The third-order valence-corrected chi connectivity index (χ3v) is 5.66. The summed E-state index contributed by atoms with van der Waals surface area (Å²) < 4.78 is 5.69. The number of unbranched alkanes of at least 4 members (excludes halogenated alkanes) is 8. The zero-order valence-electron chi connectivity index (χ0n) is 16.5. The molecule has 0 aromatic heterocycles. The van der Waals surface area contributed by atoms with Crippen molar-refractivity contribution in [1.82, 2.24) is 0 Å². The summed E-state index contributed by atoms with van der Waals surface area (Å²) in [5.74, 6) is 0.552. The van der Waals surface area contributed by atoms with Crippen LogP contribution in [0.2, 0.25) is 13.1 Å². The lowest BCUT2D eigenvalue weighted by molar-refractivity contribution is -0.109. The van der Waals surface area contributed by atoms with Gasteiger partial charge in [-0.3, -0.25) is 0 Å². The Balaban J connectivity index is 3.37. The zero-order chi connectivity index (χ0) is 17.6. The molecule has 1 atom stereocenters. The van der Waals surface area contributed by atoms with Crippen LogP contribution in [0.15, 0.2) is 0 Å². The largest absolute Gasteiger partial charge is 0.421 e. The van der Waals surface area contributed by atoms with Crippen molar-refractivity contribution in [3.05, 3.63) is 0 Å². The Labute approximate surface area is 147 Å². The SMILES string of the molecule is C[SiH](C)OCCCCCCCCCCC[C@H](CC=O)C(C)(C)C. The summed E-state index contributed by atoms with van der Waals surface area (Å²) in [5, 5.41) is 0. The van der Waals surface area contributed by atoms with E-state index in [0.29, 0.717) is 5.92 Å². The Hall–Kier alpha value is -0.153. The van der Waals surface area contributed by atoms with Gasteiger partial charge >= 0.3 is 0 Å². The van der Waals surface area contributed by atoms with Crippen LogP contribution in [0.25, 0.3) is 0 Å². The van der Waals surface area contributed by atoms with Gasteiger partial charge in [0.15, 0.2) is 9.04 Å². The molecule has 0 aromatic carbocycles. The number of rotatable bonds is 15. The second-order valence-electron chi connectivity index (χ2n) is 8.36. The van der Waals surface area contributed by atoms with Gasteiger partial charge in [0.2, 0.25) is 0 Å². The van der Waals surface area contributed by atoms with E-state index >= 15 is 0 Å². The molecule has 0 fully saturated rings. The first-order valence-electron chi connectivity index (χ1n) is 9.93. The second kappa shape index (κ2) is 14.2. The van der Waals surface area contributed by atoms with Crippen LogP contribution < -0.4 is 0 Å². The molecule has 0 heterocycles. The number of carbonyl (C=O) groups is 1. The van der Waals surface area contributed by atoms with Crippen LogP contribution in [0, 0.1) is 11.3 Å². The standard InChI is InChI=1S/C20H42O2Si/c1-20(2,3)19(16-17-21)15-13-11-9-7-6-8-10-12-14-18-22-23(4)5/h17,19,23H,6-16,18H2,1-5H3/t19-/m1/s1. The van der Waals surface area contributed by atoms with Crippen molar-refractivity contribution in [3.8, 4) is 0 Å². The van der Waals surface area contributed by atoms with Crippen LogP contribution in [0.1, 0.15) is 91.4 Å². The van der Waals surface area contributed by atoms with E-state index in [1.54, 1.807) is 0 Å². The van der Waals surface area contributed by atoms with Crippen molar-refractivity contribution in [2.45, 2.75) is 104 Å². The smallest absolute Gasteiger partial charge is 0.170 e. The minimum Gasteiger partial charge on any atom is -0.421 e. The fraction of sp³-hybridized carbons (Fsp3) is 0.950. The highest BCUT2D eigenvalue weighted by molar-refractivity contribution is 6.48. The maximum Gasteiger partial charge on any atom is 0.170 e. The summed E-state index contributed by atoms with van der Waals surface area (Å²) in [6.45, 7) is 12.2. The molecule has 0 aromatic rings. The topological polar surface area (TPSA) is 26.3 Å². The minimum atomic E-state index is -0.794. The molecular formula is C20H42O2Si. The Kier molecular flexibility index (Phi) is 14.1. The van der Waals surface area contributed by atoms with Gasteiger partial charge in [-0.25, -0.2) is 0 Å². The van der Waals surface area contributed by atoms with Gasteiger partial charge in [0, 0.05) is 13.0 Å². The first-order chi connectivity index (χ1) is 10.9.